The van der Waals surface area contributed by atoms with Crippen molar-refractivity contribution in [3.63, 3.8) is 0 Å². The smallest absolute Gasteiger partial charge is 0.410 e. The van der Waals surface area contributed by atoms with Crippen LogP contribution in [0.15, 0.2) is 30.3 Å². The highest BCUT2D eigenvalue weighted by Crippen LogP contribution is 2.12. The molecular weight excluding hydrogens is 258 g/mol. The van der Waals surface area contributed by atoms with Gasteiger partial charge in [0.2, 0.25) is 0 Å². The maximum atomic E-state index is 11.9. The molecule has 1 aromatic carbocycles. The van der Waals surface area contributed by atoms with E-state index in [-0.39, 0.29) is 12.5 Å². The predicted molar refractivity (Wildman–Crippen MR) is 75.3 cm³/mol. The average Bonchev–Trinajstić information content (AvgIpc) is 2.42. The largest absolute Gasteiger partial charge is 0.480 e. The van der Waals surface area contributed by atoms with Gasteiger partial charge in [0.15, 0.2) is 0 Å². The quantitative estimate of drug-likeness (QED) is 0.869. The summed E-state index contributed by atoms with van der Waals surface area (Å²) in [6.07, 6.45) is -0.228. The fraction of sp³-hybridized carbons (Fsp3) is 0.467. The molecular formula is C15H21NO4. The Labute approximate surface area is 119 Å². The van der Waals surface area contributed by atoms with Crippen LogP contribution in [0.3, 0.4) is 0 Å². The number of hydrogen-bond donors (Lipinski definition) is 1. The molecule has 0 aliphatic rings. The summed E-state index contributed by atoms with van der Waals surface area (Å²) in [4.78, 5) is 24.2. The number of rotatable bonds is 6. The van der Waals surface area contributed by atoms with Gasteiger partial charge in [-0.15, -0.1) is 0 Å². The molecule has 0 saturated carbocycles. The maximum absolute atomic E-state index is 11.9. The van der Waals surface area contributed by atoms with Crippen LogP contribution in [0.1, 0.15) is 25.8 Å². The third-order valence-corrected chi connectivity index (χ3v) is 2.94. The zero-order valence-corrected chi connectivity index (χ0v) is 12.1. The van der Waals surface area contributed by atoms with Gasteiger partial charge in [-0.25, -0.2) is 9.59 Å². The second-order valence-corrected chi connectivity index (χ2v) is 5.13. The number of amides is 1. The summed E-state index contributed by atoms with van der Waals surface area (Å²) in [7, 11) is 1.45. The standard InChI is InChI=1S/C15H21NO4/c1-11(2)9-13(14(17)18)16(3)15(19)20-10-12-7-5-4-6-8-12/h4-8,11,13H,9-10H2,1-3H3,(H,17,18)/t13-/m0/s1. The van der Waals surface area contributed by atoms with Crippen molar-refractivity contribution in [1.82, 2.24) is 4.90 Å². The predicted octanol–water partition coefficient (Wildman–Crippen LogP) is 2.75. The number of carbonyl (C=O) groups excluding carboxylic acids is 1. The molecule has 0 radical (unpaired) electrons. The Balaban J connectivity index is 2.58. The summed E-state index contributed by atoms with van der Waals surface area (Å²) >= 11 is 0. The number of nitrogens with zero attached hydrogens (tertiary/aromatic N) is 1. The Morgan fingerprint density at radius 2 is 1.85 bits per heavy atom. The lowest BCUT2D eigenvalue weighted by molar-refractivity contribution is -0.142. The lowest BCUT2D eigenvalue weighted by Crippen LogP contribution is -2.43. The molecule has 0 aromatic heterocycles. The lowest BCUT2D eigenvalue weighted by Gasteiger charge is -2.25. The summed E-state index contributed by atoms with van der Waals surface area (Å²) < 4.78 is 5.13. The van der Waals surface area contributed by atoms with E-state index in [2.05, 4.69) is 0 Å². The molecule has 110 valence electrons. The van der Waals surface area contributed by atoms with Crippen LogP contribution in [0.4, 0.5) is 4.79 Å². The SMILES string of the molecule is CC(C)C[C@@H](C(=O)O)N(C)C(=O)OCc1ccccc1. The first-order valence-electron chi connectivity index (χ1n) is 6.58. The van der Waals surface area contributed by atoms with Crippen molar-refractivity contribution >= 4 is 12.1 Å². The van der Waals surface area contributed by atoms with Crippen molar-refractivity contribution in [1.29, 1.82) is 0 Å². The van der Waals surface area contributed by atoms with E-state index in [9.17, 15) is 14.7 Å². The number of ether oxygens (including phenoxy) is 1. The zero-order valence-electron chi connectivity index (χ0n) is 12.1. The van der Waals surface area contributed by atoms with Gasteiger partial charge in [0, 0.05) is 7.05 Å². The molecule has 1 atom stereocenters. The summed E-state index contributed by atoms with van der Waals surface area (Å²) in [6.45, 7) is 3.97. The van der Waals surface area contributed by atoms with E-state index in [0.29, 0.717) is 6.42 Å². The molecule has 1 N–H and O–H groups in total. The molecule has 1 rings (SSSR count). The van der Waals surface area contributed by atoms with E-state index in [4.69, 9.17) is 4.74 Å². The Morgan fingerprint density at radius 1 is 1.25 bits per heavy atom. The van der Waals surface area contributed by atoms with E-state index in [1.54, 1.807) is 0 Å². The summed E-state index contributed by atoms with van der Waals surface area (Å²) in [5.74, 6) is -0.835. The normalized spacial score (nSPS) is 12.0. The number of likely N-dealkylation sites (N-methyl/N-ethyl adjacent to an activating group) is 1. The number of carboxylic acids is 1. The minimum atomic E-state index is -1.02. The summed E-state index contributed by atoms with van der Waals surface area (Å²) in [5.41, 5.74) is 0.866. The first-order chi connectivity index (χ1) is 9.41. The van der Waals surface area contributed by atoms with Crippen LogP contribution in [0.2, 0.25) is 0 Å². The first-order valence-corrected chi connectivity index (χ1v) is 6.58. The van der Waals surface area contributed by atoms with Crippen molar-refractivity contribution in [3.8, 4) is 0 Å². The van der Waals surface area contributed by atoms with Crippen LogP contribution in [0.5, 0.6) is 0 Å². The van der Waals surface area contributed by atoms with E-state index in [0.717, 1.165) is 10.5 Å². The number of carboxylic acid groups (broad SMARTS) is 1. The Hall–Kier alpha value is -2.04. The second-order valence-electron chi connectivity index (χ2n) is 5.13. The molecule has 0 unspecified atom stereocenters. The van der Waals surface area contributed by atoms with E-state index in [1.165, 1.54) is 7.05 Å². The third-order valence-electron chi connectivity index (χ3n) is 2.94. The van der Waals surface area contributed by atoms with Crippen LogP contribution in [0, 0.1) is 5.92 Å². The molecule has 0 bridgehead atoms. The van der Waals surface area contributed by atoms with Crippen LogP contribution in [0.25, 0.3) is 0 Å². The van der Waals surface area contributed by atoms with Crippen molar-refractivity contribution in [2.24, 2.45) is 5.92 Å². The fourth-order valence-electron chi connectivity index (χ4n) is 1.82. The van der Waals surface area contributed by atoms with Gasteiger partial charge in [0.05, 0.1) is 0 Å². The maximum Gasteiger partial charge on any atom is 0.410 e. The van der Waals surface area contributed by atoms with Gasteiger partial charge in [0.1, 0.15) is 12.6 Å². The van der Waals surface area contributed by atoms with Crippen molar-refractivity contribution in [2.45, 2.75) is 32.9 Å². The van der Waals surface area contributed by atoms with Crippen molar-refractivity contribution < 1.29 is 19.4 Å². The molecule has 0 aliphatic heterocycles. The second kappa shape index (κ2) is 7.53. The molecule has 0 aliphatic carbocycles. The number of benzene rings is 1. The summed E-state index contributed by atoms with van der Waals surface area (Å²) in [5, 5.41) is 9.18. The zero-order chi connectivity index (χ0) is 15.1. The topological polar surface area (TPSA) is 66.8 Å². The Morgan fingerprint density at radius 3 is 2.35 bits per heavy atom. The van der Waals surface area contributed by atoms with Crippen LogP contribution < -0.4 is 0 Å². The van der Waals surface area contributed by atoms with E-state index < -0.39 is 18.1 Å². The van der Waals surface area contributed by atoms with E-state index in [1.807, 2.05) is 44.2 Å². The highest BCUT2D eigenvalue weighted by Gasteiger charge is 2.28. The van der Waals surface area contributed by atoms with Crippen LogP contribution in [-0.4, -0.2) is 35.2 Å². The van der Waals surface area contributed by atoms with Crippen LogP contribution in [-0.2, 0) is 16.1 Å². The molecule has 1 amide bonds. The average molecular weight is 279 g/mol. The molecule has 20 heavy (non-hydrogen) atoms. The molecule has 5 heteroatoms. The van der Waals surface area contributed by atoms with Gasteiger partial charge in [-0.1, -0.05) is 44.2 Å². The Bertz CT molecular complexity index is 444. The molecule has 0 fully saturated rings. The van der Waals surface area contributed by atoms with Gasteiger partial charge in [-0.2, -0.15) is 0 Å². The minimum absolute atomic E-state index is 0.137. The van der Waals surface area contributed by atoms with Gasteiger partial charge in [-0.05, 0) is 17.9 Å². The third kappa shape index (κ3) is 4.91. The number of hydrogen-bond acceptors (Lipinski definition) is 3. The van der Waals surface area contributed by atoms with Crippen molar-refractivity contribution in [2.75, 3.05) is 7.05 Å². The van der Waals surface area contributed by atoms with Crippen molar-refractivity contribution in [3.05, 3.63) is 35.9 Å². The molecule has 5 nitrogen and oxygen atoms in total. The minimum Gasteiger partial charge on any atom is -0.480 e. The monoisotopic (exact) mass is 279 g/mol. The fourth-order valence-corrected chi connectivity index (χ4v) is 1.82. The summed E-state index contributed by atoms with van der Waals surface area (Å²) in [6, 6.07) is 8.41. The van der Waals surface area contributed by atoms with Gasteiger partial charge in [-0.3, -0.25) is 4.90 Å². The van der Waals surface area contributed by atoms with Gasteiger partial charge < -0.3 is 9.84 Å². The molecule has 0 spiro atoms. The first kappa shape index (κ1) is 16.0. The highest BCUT2D eigenvalue weighted by molar-refractivity contribution is 5.79. The lowest BCUT2D eigenvalue weighted by atomic mass is 10.0. The van der Waals surface area contributed by atoms with Gasteiger partial charge >= 0.3 is 12.1 Å². The van der Waals surface area contributed by atoms with Crippen LogP contribution >= 0.6 is 0 Å². The molecule has 1 aromatic rings. The number of aliphatic carboxylic acids is 1. The van der Waals surface area contributed by atoms with E-state index >= 15 is 0 Å². The highest BCUT2D eigenvalue weighted by atomic mass is 16.6. The Kier molecular flexibility index (Phi) is 6.03. The van der Waals surface area contributed by atoms with Gasteiger partial charge in [0.25, 0.3) is 0 Å². The number of carbonyl (C=O) groups is 2. The molecule has 0 saturated heterocycles. The molecule has 0 heterocycles.